The molecule has 0 spiro atoms. The van der Waals surface area contributed by atoms with E-state index in [0.717, 1.165) is 37.4 Å². The van der Waals surface area contributed by atoms with Crippen LogP contribution >= 0.6 is 0 Å². The fraction of sp³-hybridized carbons (Fsp3) is 0.571. The molecular weight excluding hydrogens is 231 g/mol. The highest BCUT2D eigenvalue weighted by Gasteiger charge is 2.32. The van der Waals surface area contributed by atoms with E-state index in [1.54, 1.807) is 19.2 Å². The monoisotopic (exact) mass is 252 g/mol. The quantitative estimate of drug-likeness (QED) is 0.871. The van der Waals surface area contributed by atoms with Gasteiger partial charge in [0.2, 0.25) is 0 Å². The zero-order chi connectivity index (χ0) is 13.2. The van der Waals surface area contributed by atoms with Gasteiger partial charge in [0, 0.05) is 12.1 Å². The average molecular weight is 252 g/mol. The third-order valence-electron chi connectivity index (χ3n) is 3.57. The number of likely N-dealkylation sites (N-methyl/N-ethyl adjacent to an activating group) is 1. The summed E-state index contributed by atoms with van der Waals surface area (Å²) in [5.41, 5.74) is 0.609. The highest BCUT2D eigenvalue weighted by molar-refractivity contribution is 5.39. The predicted molar refractivity (Wildman–Crippen MR) is 70.4 cm³/mol. The molecule has 1 aromatic rings. The molecule has 0 saturated carbocycles. The molecule has 18 heavy (non-hydrogen) atoms. The lowest BCUT2D eigenvalue weighted by Crippen LogP contribution is -2.45. The molecule has 4 heteroatoms. The number of hydrogen-bond acceptors (Lipinski definition) is 3. The van der Waals surface area contributed by atoms with Crippen molar-refractivity contribution in [3.05, 3.63) is 29.6 Å². The van der Waals surface area contributed by atoms with Crippen LogP contribution in [-0.2, 0) is 5.54 Å². The van der Waals surface area contributed by atoms with E-state index in [-0.39, 0.29) is 11.4 Å². The van der Waals surface area contributed by atoms with E-state index in [0.29, 0.717) is 0 Å². The Morgan fingerprint density at radius 1 is 1.44 bits per heavy atom. The van der Waals surface area contributed by atoms with Crippen LogP contribution in [0.2, 0.25) is 0 Å². The molecule has 1 aliphatic heterocycles. The zero-order valence-electron chi connectivity index (χ0n) is 11.3. The van der Waals surface area contributed by atoms with Crippen molar-refractivity contribution in [3.8, 4) is 5.75 Å². The Morgan fingerprint density at radius 3 is 2.94 bits per heavy atom. The minimum Gasteiger partial charge on any atom is -0.496 e. The Kier molecular flexibility index (Phi) is 3.88. The number of methoxy groups -OCH3 is 1. The van der Waals surface area contributed by atoms with Crippen molar-refractivity contribution < 1.29 is 9.13 Å². The van der Waals surface area contributed by atoms with E-state index in [9.17, 15) is 4.39 Å². The van der Waals surface area contributed by atoms with Gasteiger partial charge in [-0.2, -0.15) is 0 Å². The number of nitrogens with one attached hydrogen (secondary N) is 1. The van der Waals surface area contributed by atoms with Crippen molar-refractivity contribution in [1.29, 1.82) is 0 Å². The number of ether oxygens (including phenoxy) is 1. The molecule has 0 bridgehead atoms. The number of nitrogens with zero attached hydrogens (tertiary/aromatic N) is 1. The maximum Gasteiger partial charge on any atom is 0.124 e. The molecule has 0 radical (unpaired) electrons. The van der Waals surface area contributed by atoms with Gasteiger partial charge in [0.05, 0.1) is 12.6 Å². The number of rotatable bonds is 2. The van der Waals surface area contributed by atoms with Crippen LogP contribution in [-0.4, -0.2) is 38.7 Å². The minimum absolute atomic E-state index is 0.222. The summed E-state index contributed by atoms with van der Waals surface area (Å²) in [4.78, 5) is 2.27. The first-order chi connectivity index (χ1) is 8.55. The Bertz CT molecular complexity index is 424. The third-order valence-corrected chi connectivity index (χ3v) is 3.57. The highest BCUT2D eigenvalue weighted by atomic mass is 19.1. The van der Waals surface area contributed by atoms with Gasteiger partial charge in [-0.3, -0.25) is 0 Å². The summed E-state index contributed by atoms with van der Waals surface area (Å²) in [7, 11) is 3.72. The van der Waals surface area contributed by atoms with Gasteiger partial charge in [0.15, 0.2) is 0 Å². The van der Waals surface area contributed by atoms with E-state index >= 15 is 0 Å². The van der Waals surface area contributed by atoms with Gasteiger partial charge in [0.1, 0.15) is 11.6 Å². The molecule has 100 valence electrons. The molecule has 1 N–H and O–H groups in total. The van der Waals surface area contributed by atoms with Gasteiger partial charge in [-0.05, 0) is 51.7 Å². The van der Waals surface area contributed by atoms with Crippen molar-refractivity contribution in [1.82, 2.24) is 10.2 Å². The maximum atomic E-state index is 13.5. The van der Waals surface area contributed by atoms with Crippen molar-refractivity contribution in [2.45, 2.75) is 18.9 Å². The zero-order valence-corrected chi connectivity index (χ0v) is 11.3. The third kappa shape index (κ3) is 2.65. The van der Waals surface area contributed by atoms with Gasteiger partial charge in [-0.1, -0.05) is 0 Å². The smallest absolute Gasteiger partial charge is 0.124 e. The van der Waals surface area contributed by atoms with Crippen molar-refractivity contribution in [2.75, 3.05) is 33.8 Å². The second kappa shape index (κ2) is 5.24. The molecule has 1 saturated heterocycles. The molecule has 1 unspecified atom stereocenters. The first-order valence-electron chi connectivity index (χ1n) is 6.33. The minimum atomic E-state index is -0.279. The van der Waals surface area contributed by atoms with E-state index in [4.69, 9.17) is 4.74 Å². The van der Waals surface area contributed by atoms with Crippen LogP contribution < -0.4 is 10.1 Å². The molecule has 2 rings (SSSR count). The largest absolute Gasteiger partial charge is 0.496 e. The maximum absolute atomic E-state index is 13.5. The second-order valence-electron chi connectivity index (χ2n) is 5.19. The van der Waals surface area contributed by atoms with Crippen LogP contribution in [0, 0.1) is 5.82 Å². The molecule has 0 aliphatic carbocycles. The van der Waals surface area contributed by atoms with E-state index in [1.165, 1.54) is 6.07 Å². The Hall–Kier alpha value is -1.13. The van der Waals surface area contributed by atoms with Crippen LogP contribution in [0.15, 0.2) is 18.2 Å². The van der Waals surface area contributed by atoms with E-state index in [1.807, 2.05) is 0 Å². The van der Waals surface area contributed by atoms with Crippen LogP contribution in [0.1, 0.15) is 18.9 Å². The summed E-state index contributed by atoms with van der Waals surface area (Å²) < 4.78 is 18.9. The molecule has 0 amide bonds. The number of hydrogen-bond donors (Lipinski definition) is 1. The molecule has 0 aromatic heterocycles. The molecule has 1 aromatic carbocycles. The van der Waals surface area contributed by atoms with Gasteiger partial charge < -0.3 is 15.0 Å². The standard InChI is InChI=1S/C14H21FN2O/c1-14(10-17(2)8-4-7-16-14)12-9-11(15)5-6-13(12)18-3/h5-6,9,16H,4,7-8,10H2,1-3H3. The summed E-state index contributed by atoms with van der Waals surface area (Å²) in [5, 5.41) is 3.52. The van der Waals surface area contributed by atoms with Crippen LogP contribution in [0.4, 0.5) is 4.39 Å². The lowest BCUT2D eigenvalue weighted by molar-refractivity contribution is 0.252. The lowest BCUT2D eigenvalue weighted by atomic mass is 9.90. The van der Waals surface area contributed by atoms with Crippen LogP contribution in [0.3, 0.4) is 0 Å². The summed E-state index contributed by atoms with van der Waals surface area (Å²) in [5.74, 6) is 0.516. The Balaban J connectivity index is 2.40. The molecule has 1 heterocycles. The highest BCUT2D eigenvalue weighted by Crippen LogP contribution is 2.32. The predicted octanol–water partition coefficient (Wildman–Crippen LogP) is 1.97. The summed E-state index contributed by atoms with van der Waals surface area (Å²) >= 11 is 0. The van der Waals surface area contributed by atoms with E-state index in [2.05, 4.69) is 24.2 Å². The normalized spacial score (nSPS) is 25.8. The van der Waals surface area contributed by atoms with Gasteiger partial charge >= 0.3 is 0 Å². The Morgan fingerprint density at radius 2 is 2.22 bits per heavy atom. The topological polar surface area (TPSA) is 24.5 Å². The van der Waals surface area contributed by atoms with Crippen LogP contribution in [0.5, 0.6) is 5.75 Å². The second-order valence-corrected chi connectivity index (χ2v) is 5.19. The summed E-state index contributed by atoms with van der Waals surface area (Å²) in [6.07, 6.45) is 1.10. The van der Waals surface area contributed by atoms with E-state index < -0.39 is 0 Å². The SMILES string of the molecule is COc1ccc(F)cc1C1(C)CN(C)CCCN1. The molecular formula is C14H21FN2O. The van der Waals surface area contributed by atoms with Gasteiger partial charge in [-0.15, -0.1) is 0 Å². The summed E-state index contributed by atoms with van der Waals surface area (Å²) in [6, 6.07) is 4.71. The average Bonchev–Trinajstić information content (AvgIpc) is 2.51. The molecule has 1 atom stereocenters. The first-order valence-corrected chi connectivity index (χ1v) is 6.33. The summed E-state index contributed by atoms with van der Waals surface area (Å²) in [6.45, 7) is 4.93. The fourth-order valence-corrected chi connectivity index (χ4v) is 2.68. The van der Waals surface area contributed by atoms with Gasteiger partial charge in [0.25, 0.3) is 0 Å². The van der Waals surface area contributed by atoms with Crippen molar-refractivity contribution >= 4 is 0 Å². The van der Waals surface area contributed by atoms with Crippen LogP contribution in [0.25, 0.3) is 0 Å². The number of halogens is 1. The molecule has 3 nitrogen and oxygen atoms in total. The van der Waals surface area contributed by atoms with Crippen molar-refractivity contribution in [3.63, 3.8) is 0 Å². The first kappa shape index (κ1) is 13.3. The fourth-order valence-electron chi connectivity index (χ4n) is 2.68. The lowest BCUT2D eigenvalue weighted by Gasteiger charge is -2.33. The number of benzene rings is 1. The molecule has 1 fully saturated rings. The van der Waals surface area contributed by atoms with Gasteiger partial charge in [-0.25, -0.2) is 4.39 Å². The molecule has 1 aliphatic rings. The van der Waals surface area contributed by atoms with Crippen molar-refractivity contribution in [2.24, 2.45) is 0 Å². The Labute approximate surface area is 108 Å².